The molecule has 1 aliphatic rings. The van der Waals surface area contributed by atoms with Gasteiger partial charge in [0.05, 0.1) is 0 Å². The average Bonchev–Trinajstić information content (AvgIpc) is 2.84. The predicted molar refractivity (Wildman–Crippen MR) is 125 cm³/mol. The van der Waals surface area contributed by atoms with Crippen molar-refractivity contribution < 1.29 is 4.74 Å². The van der Waals surface area contributed by atoms with E-state index in [0.717, 1.165) is 22.6 Å². The van der Waals surface area contributed by atoms with Gasteiger partial charge in [0.1, 0.15) is 0 Å². The molecule has 0 N–H and O–H groups in total. The molecular formula is C27H19NOSe. The molecule has 2 nitrogen and oxygen atoms in total. The summed E-state index contributed by atoms with van der Waals surface area (Å²) in [7, 11) is 0. The van der Waals surface area contributed by atoms with Gasteiger partial charge in [-0.2, -0.15) is 0 Å². The van der Waals surface area contributed by atoms with Gasteiger partial charge in [-0.1, -0.05) is 0 Å². The van der Waals surface area contributed by atoms with Crippen LogP contribution in [0.25, 0.3) is 10.2 Å². The number of aliphatic imine (C=N–C) groups is 1. The van der Waals surface area contributed by atoms with Crippen LogP contribution in [0.5, 0.6) is 0 Å². The molecule has 0 saturated heterocycles. The van der Waals surface area contributed by atoms with Crippen LogP contribution in [-0.2, 0) is 4.74 Å². The van der Waals surface area contributed by atoms with Crippen molar-refractivity contribution in [3.05, 3.63) is 132 Å². The summed E-state index contributed by atoms with van der Waals surface area (Å²) in [5.74, 6) is 1.54. The maximum absolute atomic E-state index is 6.53. The second-order valence-electron chi connectivity index (χ2n) is 6.84. The molecule has 30 heavy (non-hydrogen) atoms. The van der Waals surface area contributed by atoms with Crippen LogP contribution in [0.2, 0.25) is 0 Å². The van der Waals surface area contributed by atoms with E-state index in [0.29, 0.717) is 5.90 Å². The van der Waals surface area contributed by atoms with Crippen molar-refractivity contribution in [2.75, 3.05) is 0 Å². The summed E-state index contributed by atoms with van der Waals surface area (Å²) in [5.41, 5.74) is 4.13. The first-order valence-electron chi connectivity index (χ1n) is 9.82. The van der Waals surface area contributed by atoms with Crippen molar-refractivity contribution in [2.24, 2.45) is 4.99 Å². The van der Waals surface area contributed by atoms with Crippen molar-refractivity contribution in [1.29, 1.82) is 0 Å². The number of nitrogens with zero attached hydrogens (tertiary/aromatic N) is 1. The number of hydrogen-bond donors (Lipinski definition) is 0. The van der Waals surface area contributed by atoms with Crippen molar-refractivity contribution in [1.82, 2.24) is 0 Å². The normalized spacial score (nSPS) is 14.3. The molecule has 1 heterocycles. The van der Waals surface area contributed by atoms with Crippen LogP contribution in [0.15, 0.2) is 120 Å². The van der Waals surface area contributed by atoms with Crippen LogP contribution >= 0.6 is 0 Å². The summed E-state index contributed by atoms with van der Waals surface area (Å²) < 4.78 is 9.05. The minimum absolute atomic E-state index is 0.0736. The number of ether oxygens (including phenoxy) is 1. The average molecular weight is 452 g/mol. The summed E-state index contributed by atoms with van der Waals surface area (Å²) in [5, 5.41) is 0. The van der Waals surface area contributed by atoms with Gasteiger partial charge in [0.15, 0.2) is 0 Å². The second kappa shape index (κ2) is 8.54. The molecule has 0 fully saturated rings. The predicted octanol–water partition coefficient (Wildman–Crippen LogP) is 5.65. The van der Waals surface area contributed by atoms with E-state index in [1.54, 1.807) is 0 Å². The fourth-order valence-electron chi connectivity index (χ4n) is 3.35. The first-order chi connectivity index (χ1) is 14.9. The molecule has 0 atom stereocenters. The Kier molecular flexibility index (Phi) is 5.30. The Balaban J connectivity index is 1.71. The van der Waals surface area contributed by atoms with E-state index in [1.165, 1.54) is 14.5 Å². The third kappa shape index (κ3) is 3.86. The van der Waals surface area contributed by atoms with Gasteiger partial charge in [-0.3, -0.25) is 0 Å². The quantitative estimate of drug-likeness (QED) is 0.367. The topological polar surface area (TPSA) is 21.6 Å². The molecule has 5 rings (SSSR count). The summed E-state index contributed by atoms with van der Waals surface area (Å²) in [6.07, 6.45) is 0. The van der Waals surface area contributed by atoms with Crippen LogP contribution in [0.1, 0.15) is 16.7 Å². The van der Waals surface area contributed by atoms with E-state index in [9.17, 15) is 0 Å². The third-order valence-corrected chi connectivity index (χ3v) is 7.17. The third-order valence-electron chi connectivity index (χ3n) is 4.80. The zero-order valence-corrected chi connectivity index (χ0v) is 17.9. The molecule has 0 unspecified atom stereocenters. The molecule has 0 saturated carbocycles. The molecule has 0 amide bonds. The van der Waals surface area contributed by atoms with Gasteiger partial charge in [-0.05, 0) is 0 Å². The standard InChI is InChI=1S/C27H19NOSe/c1-4-12-20(13-5-1)26(30-22-16-8-3-9-17-22)25-23-18-10-11-19-24(23)28-27(29-25)21-14-6-2-7-15-21/h1-19H/b26-25-. The first-order valence-corrected chi connectivity index (χ1v) is 11.5. The molecule has 0 aliphatic carbocycles. The van der Waals surface area contributed by atoms with Crippen molar-refractivity contribution in [3.63, 3.8) is 0 Å². The van der Waals surface area contributed by atoms with Crippen molar-refractivity contribution in [3.8, 4) is 0 Å². The second-order valence-corrected chi connectivity index (χ2v) is 9.12. The van der Waals surface area contributed by atoms with E-state index in [-0.39, 0.29) is 15.0 Å². The van der Waals surface area contributed by atoms with Crippen LogP contribution < -0.4 is 4.46 Å². The fourth-order valence-corrected chi connectivity index (χ4v) is 5.51. The van der Waals surface area contributed by atoms with E-state index in [4.69, 9.17) is 9.73 Å². The Morgan fingerprint density at radius 2 is 1.23 bits per heavy atom. The van der Waals surface area contributed by atoms with E-state index in [2.05, 4.69) is 66.7 Å². The Labute approximate surface area is 182 Å². The summed E-state index contributed by atoms with van der Waals surface area (Å²) in [6.45, 7) is 0. The van der Waals surface area contributed by atoms with Crippen molar-refractivity contribution >= 4 is 41.2 Å². The minimum atomic E-state index is 0.0736. The summed E-state index contributed by atoms with van der Waals surface area (Å²) >= 11 is 0.0736. The Morgan fingerprint density at radius 1 is 0.633 bits per heavy atom. The SMILES string of the molecule is c1ccc([Se]/C(=C2\OC(c3ccccc3)=Nc3ccccc32)c2ccccc2)cc1. The van der Waals surface area contributed by atoms with Crippen molar-refractivity contribution in [2.45, 2.75) is 0 Å². The fraction of sp³-hybridized carbons (Fsp3) is 0. The van der Waals surface area contributed by atoms with Gasteiger partial charge in [0, 0.05) is 0 Å². The van der Waals surface area contributed by atoms with Crippen LogP contribution in [-0.4, -0.2) is 20.9 Å². The summed E-state index contributed by atoms with van der Waals surface area (Å²) in [6, 6.07) is 39.5. The molecule has 0 spiro atoms. The molecule has 3 heteroatoms. The molecular weight excluding hydrogens is 433 g/mol. The number of hydrogen-bond acceptors (Lipinski definition) is 2. The van der Waals surface area contributed by atoms with Crippen LogP contribution in [0, 0.1) is 0 Å². The van der Waals surface area contributed by atoms with Gasteiger partial charge >= 0.3 is 183 Å². The number of para-hydroxylation sites is 1. The van der Waals surface area contributed by atoms with E-state index >= 15 is 0 Å². The van der Waals surface area contributed by atoms with Gasteiger partial charge in [0.2, 0.25) is 0 Å². The van der Waals surface area contributed by atoms with Crippen LogP contribution in [0.4, 0.5) is 5.69 Å². The molecule has 4 aromatic carbocycles. The number of fused-ring (bicyclic) bond motifs is 1. The number of benzene rings is 4. The zero-order valence-electron chi connectivity index (χ0n) is 16.2. The molecule has 0 bridgehead atoms. The molecule has 144 valence electrons. The summed E-state index contributed by atoms with van der Waals surface area (Å²) in [4.78, 5) is 4.82. The Morgan fingerprint density at radius 3 is 1.97 bits per heavy atom. The zero-order chi connectivity index (χ0) is 20.2. The number of rotatable bonds is 4. The molecule has 1 aliphatic heterocycles. The van der Waals surface area contributed by atoms with Gasteiger partial charge in [-0.15, -0.1) is 0 Å². The maximum atomic E-state index is 6.53. The molecule has 0 aromatic heterocycles. The monoisotopic (exact) mass is 453 g/mol. The Hall–Kier alpha value is -3.39. The molecule has 4 aromatic rings. The Bertz CT molecular complexity index is 1220. The molecule has 0 radical (unpaired) electrons. The van der Waals surface area contributed by atoms with E-state index in [1.807, 2.05) is 48.5 Å². The van der Waals surface area contributed by atoms with Gasteiger partial charge in [-0.25, -0.2) is 0 Å². The van der Waals surface area contributed by atoms with Gasteiger partial charge < -0.3 is 0 Å². The van der Waals surface area contributed by atoms with Gasteiger partial charge in [0.25, 0.3) is 0 Å². The first kappa shape index (κ1) is 18.6. The van der Waals surface area contributed by atoms with Crippen LogP contribution in [0.3, 0.4) is 0 Å². The van der Waals surface area contributed by atoms with E-state index < -0.39 is 0 Å².